The molecular weight excluding hydrogens is 403 g/mol. The van der Waals surface area contributed by atoms with E-state index in [9.17, 15) is 27.9 Å². The Bertz CT molecular complexity index is 978. The number of carbonyl (C=O) groups excluding carboxylic acids is 2. The Morgan fingerprint density at radius 3 is 2.57 bits per heavy atom. The van der Waals surface area contributed by atoms with Crippen molar-refractivity contribution in [2.24, 2.45) is 5.92 Å². The number of rotatable bonds is 6. The maximum absolute atomic E-state index is 12.6. The average molecular weight is 423 g/mol. The van der Waals surface area contributed by atoms with Gasteiger partial charge in [-0.15, -0.1) is 0 Å². The lowest BCUT2D eigenvalue weighted by atomic mass is 10.0. The summed E-state index contributed by atoms with van der Waals surface area (Å²) in [4.78, 5) is 24.3. The first-order valence-electron chi connectivity index (χ1n) is 9.21. The van der Waals surface area contributed by atoms with Gasteiger partial charge in [-0.25, -0.2) is 0 Å². The summed E-state index contributed by atoms with van der Waals surface area (Å²) in [6.45, 7) is 3.73. The van der Waals surface area contributed by atoms with Crippen molar-refractivity contribution in [3.63, 3.8) is 0 Å². The Hall–Kier alpha value is -3.30. The number of alkyl halides is 3. The fourth-order valence-electron chi connectivity index (χ4n) is 3.07. The van der Waals surface area contributed by atoms with Crippen LogP contribution in [0, 0.1) is 5.92 Å². The van der Waals surface area contributed by atoms with Gasteiger partial charge < -0.3 is 20.3 Å². The zero-order valence-electron chi connectivity index (χ0n) is 16.2. The molecular formula is C20H20F3N3O4. The van der Waals surface area contributed by atoms with Crippen LogP contribution < -0.4 is 10.6 Å². The number of halogens is 3. The molecule has 2 amide bonds. The third-order valence-electron chi connectivity index (χ3n) is 4.54. The van der Waals surface area contributed by atoms with Crippen LogP contribution in [0.25, 0.3) is 11.3 Å². The molecule has 1 unspecified atom stereocenters. The molecule has 1 atom stereocenters. The summed E-state index contributed by atoms with van der Waals surface area (Å²) >= 11 is 0. The molecule has 2 heterocycles. The van der Waals surface area contributed by atoms with Gasteiger partial charge in [-0.1, -0.05) is 31.1 Å². The SMILES string of the molecule is CC(C)CC1NC(=O)C(C(=O)NCc2cc(-c3ccc(C(F)(F)F)cc3)no2)=C1O. The molecule has 0 aliphatic carbocycles. The van der Waals surface area contributed by atoms with Gasteiger partial charge in [0.25, 0.3) is 11.8 Å². The first-order valence-corrected chi connectivity index (χ1v) is 9.21. The number of hydrogen-bond acceptors (Lipinski definition) is 5. The Labute approximate surface area is 169 Å². The highest BCUT2D eigenvalue weighted by Crippen LogP contribution is 2.31. The molecule has 0 saturated heterocycles. The molecule has 0 radical (unpaired) electrons. The number of nitrogens with one attached hydrogen (secondary N) is 2. The zero-order chi connectivity index (χ0) is 22.1. The van der Waals surface area contributed by atoms with Crippen molar-refractivity contribution in [3.8, 4) is 11.3 Å². The van der Waals surface area contributed by atoms with Gasteiger partial charge in [-0.3, -0.25) is 9.59 Å². The van der Waals surface area contributed by atoms with Gasteiger partial charge in [-0.2, -0.15) is 13.2 Å². The molecule has 2 aromatic rings. The summed E-state index contributed by atoms with van der Waals surface area (Å²) in [6, 6.07) is 5.27. The van der Waals surface area contributed by atoms with E-state index in [0.29, 0.717) is 17.7 Å². The minimum atomic E-state index is -4.43. The minimum absolute atomic E-state index is 0.120. The smallest absolute Gasteiger partial charge is 0.416 e. The monoisotopic (exact) mass is 423 g/mol. The first kappa shape index (κ1) is 21.4. The lowest BCUT2D eigenvalue weighted by Crippen LogP contribution is -2.32. The van der Waals surface area contributed by atoms with Crippen molar-refractivity contribution in [3.05, 3.63) is 53.0 Å². The van der Waals surface area contributed by atoms with Crippen LogP contribution in [0.1, 0.15) is 31.6 Å². The van der Waals surface area contributed by atoms with E-state index in [2.05, 4.69) is 15.8 Å². The minimum Gasteiger partial charge on any atom is -0.509 e. The Morgan fingerprint density at radius 1 is 1.30 bits per heavy atom. The summed E-state index contributed by atoms with van der Waals surface area (Å²) in [7, 11) is 0. The van der Waals surface area contributed by atoms with Crippen LogP contribution in [-0.4, -0.2) is 28.1 Å². The average Bonchev–Trinajstić information content (AvgIpc) is 3.24. The van der Waals surface area contributed by atoms with Crippen molar-refractivity contribution in [1.29, 1.82) is 0 Å². The van der Waals surface area contributed by atoms with Gasteiger partial charge in [0.05, 0.1) is 18.2 Å². The highest BCUT2D eigenvalue weighted by atomic mass is 19.4. The fourth-order valence-corrected chi connectivity index (χ4v) is 3.07. The number of aromatic nitrogens is 1. The van der Waals surface area contributed by atoms with E-state index < -0.39 is 29.6 Å². The van der Waals surface area contributed by atoms with Crippen LogP contribution >= 0.6 is 0 Å². The van der Waals surface area contributed by atoms with Gasteiger partial charge >= 0.3 is 6.18 Å². The largest absolute Gasteiger partial charge is 0.509 e. The molecule has 30 heavy (non-hydrogen) atoms. The number of hydrogen-bond donors (Lipinski definition) is 3. The van der Waals surface area contributed by atoms with Crippen molar-refractivity contribution in [2.75, 3.05) is 0 Å². The number of nitrogens with zero attached hydrogens (tertiary/aromatic N) is 1. The van der Waals surface area contributed by atoms with Gasteiger partial charge in [0, 0.05) is 11.6 Å². The molecule has 3 rings (SSSR count). The zero-order valence-corrected chi connectivity index (χ0v) is 16.2. The van der Waals surface area contributed by atoms with Crippen LogP contribution in [0.2, 0.25) is 0 Å². The van der Waals surface area contributed by atoms with Crippen LogP contribution in [0.5, 0.6) is 0 Å². The predicted molar refractivity (Wildman–Crippen MR) is 99.8 cm³/mol. The topological polar surface area (TPSA) is 104 Å². The second-order valence-electron chi connectivity index (χ2n) is 7.35. The first-order chi connectivity index (χ1) is 14.1. The summed E-state index contributed by atoms with van der Waals surface area (Å²) < 4.78 is 43.0. The quantitative estimate of drug-likeness (QED) is 0.619. The second-order valence-corrected chi connectivity index (χ2v) is 7.35. The highest BCUT2D eigenvalue weighted by molar-refractivity contribution is 6.20. The van der Waals surface area contributed by atoms with Crippen LogP contribution in [-0.2, 0) is 22.3 Å². The van der Waals surface area contributed by atoms with Crippen molar-refractivity contribution < 1.29 is 32.4 Å². The van der Waals surface area contributed by atoms with E-state index in [0.717, 1.165) is 12.1 Å². The van der Waals surface area contributed by atoms with E-state index >= 15 is 0 Å². The third kappa shape index (κ3) is 4.64. The Morgan fingerprint density at radius 2 is 1.97 bits per heavy atom. The van der Waals surface area contributed by atoms with Crippen molar-refractivity contribution in [1.82, 2.24) is 15.8 Å². The van der Waals surface area contributed by atoms with Crippen molar-refractivity contribution >= 4 is 11.8 Å². The molecule has 0 saturated carbocycles. The van der Waals surface area contributed by atoms with Gasteiger partial charge in [0.15, 0.2) is 5.76 Å². The maximum Gasteiger partial charge on any atom is 0.416 e. The van der Waals surface area contributed by atoms with E-state index in [1.807, 2.05) is 13.8 Å². The molecule has 1 aromatic carbocycles. The van der Waals surface area contributed by atoms with E-state index in [-0.39, 0.29) is 29.6 Å². The summed E-state index contributed by atoms with van der Waals surface area (Å²) in [6.07, 6.45) is -3.94. The van der Waals surface area contributed by atoms with Crippen LogP contribution in [0.4, 0.5) is 13.2 Å². The standard InChI is InChI=1S/C20H20F3N3O4/c1-10(2)7-15-17(27)16(19(29)25-15)18(28)24-9-13-8-14(26-30-13)11-3-5-12(6-4-11)20(21,22)23/h3-6,8,10,15,27H,7,9H2,1-2H3,(H,24,28)(H,25,29). The highest BCUT2D eigenvalue weighted by Gasteiger charge is 2.36. The molecule has 1 aliphatic heterocycles. The molecule has 10 heteroatoms. The number of amides is 2. The molecule has 0 spiro atoms. The molecule has 160 valence electrons. The summed E-state index contributed by atoms with van der Waals surface area (Å²) in [5.74, 6) is -1.27. The molecule has 7 nitrogen and oxygen atoms in total. The Kier molecular flexibility index (Phi) is 5.86. The fraction of sp³-hybridized carbons (Fsp3) is 0.350. The number of aliphatic hydroxyl groups excluding tert-OH is 1. The van der Waals surface area contributed by atoms with Crippen LogP contribution in [0.15, 0.2) is 46.2 Å². The van der Waals surface area contributed by atoms with Gasteiger partial charge in [-0.05, 0) is 24.5 Å². The third-order valence-corrected chi connectivity index (χ3v) is 4.54. The normalized spacial score (nSPS) is 16.9. The summed E-state index contributed by atoms with van der Waals surface area (Å²) in [5.41, 5.74) is -0.411. The predicted octanol–water partition coefficient (Wildman–Crippen LogP) is 3.33. The summed E-state index contributed by atoms with van der Waals surface area (Å²) in [5, 5.41) is 19.0. The molecule has 3 N–H and O–H groups in total. The number of aliphatic hydroxyl groups is 1. The molecule has 0 bridgehead atoms. The van der Waals surface area contributed by atoms with E-state index in [4.69, 9.17) is 4.52 Å². The number of benzene rings is 1. The van der Waals surface area contributed by atoms with Gasteiger partial charge in [0.1, 0.15) is 17.0 Å². The molecule has 1 aliphatic rings. The lowest BCUT2D eigenvalue weighted by molar-refractivity contribution is -0.137. The molecule has 0 fully saturated rings. The second kappa shape index (κ2) is 8.21. The lowest BCUT2D eigenvalue weighted by Gasteiger charge is -2.12. The van der Waals surface area contributed by atoms with E-state index in [1.54, 1.807) is 0 Å². The van der Waals surface area contributed by atoms with Crippen LogP contribution in [0.3, 0.4) is 0 Å². The van der Waals surface area contributed by atoms with Crippen molar-refractivity contribution in [2.45, 2.75) is 39.0 Å². The van der Waals surface area contributed by atoms with E-state index in [1.165, 1.54) is 18.2 Å². The maximum atomic E-state index is 12.6. The van der Waals surface area contributed by atoms with Gasteiger partial charge in [0.2, 0.25) is 0 Å². The molecule has 1 aromatic heterocycles. The Balaban J connectivity index is 1.65. The number of carbonyl (C=O) groups is 2.